The zero-order valence-corrected chi connectivity index (χ0v) is 13.1. The molecule has 5 nitrogen and oxygen atoms in total. The van der Waals surface area contributed by atoms with Crippen molar-refractivity contribution in [2.75, 3.05) is 25.6 Å². The third-order valence-corrected chi connectivity index (χ3v) is 3.33. The topological polar surface area (TPSA) is 61.8 Å². The van der Waals surface area contributed by atoms with Crippen molar-refractivity contribution in [1.29, 1.82) is 0 Å². The molecule has 0 aliphatic carbocycles. The number of methoxy groups -OCH3 is 1. The molecule has 7 heteroatoms. The second kappa shape index (κ2) is 8.26. The van der Waals surface area contributed by atoms with Crippen molar-refractivity contribution in [2.45, 2.75) is 6.54 Å². The fraction of sp³-hybridized carbons (Fsp3) is 0.235. The Balaban J connectivity index is 2.13. The molecule has 2 N–H and O–H groups in total. The van der Waals surface area contributed by atoms with Gasteiger partial charge >= 0.3 is 6.03 Å². The fourth-order valence-corrected chi connectivity index (χ4v) is 2.21. The summed E-state index contributed by atoms with van der Waals surface area (Å²) in [5.74, 6) is -2.33. The van der Waals surface area contributed by atoms with Crippen LogP contribution in [0.5, 0.6) is 5.75 Å². The highest BCUT2D eigenvalue weighted by molar-refractivity contribution is 5.89. The number of rotatable bonds is 6. The third kappa shape index (κ3) is 4.42. The molecule has 0 bridgehead atoms. The first-order valence-corrected chi connectivity index (χ1v) is 7.29. The molecule has 2 aromatic rings. The number of hydrogen-bond acceptors (Lipinski definition) is 3. The maximum atomic E-state index is 13.7. The molecule has 24 heavy (non-hydrogen) atoms. The summed E-state index contributed by atoms with van der Waals surface area (Å²) < 4.78 is 32.0. The lowest BCUT2D eigenvalue weighted by atomic mass is 10.2. The van der Waals surface area contributed by atoms with Gasteiger partial charge < -0.3 is 20.1 Å². The number of hydrogen-bond donors (Lipinski definition) is 2. The number of halogens is 2. The van der Waals surface area contributed by atoms with Gasteiger partial charge in [0.05, 0.1) is 13.7 Å². The van der Waals surface area contributed by atoms with E-state index in [-0.39, 0.29) is 25.4 Å². The van der Waals surface area contributed by atoms with Crippen molar-refractivity contribution in [3.05, 3.63) is 59.7 Å². The molecule has 0 radical (unpaired) electrons. The summed E-state index contributed by atoms with van der Waals surface area (Å²) in [5, 5.41) is 11.5. The Hall–Kier alpha value is -2.67. The van der Waals surface area contributed by atoms with Gasteiger partial charge in [-0.3, -0.25) is 0 Å². The standard InChI is InChI=1S/C17H18F2N2O3/c1-24-16-14(18)9-13(10-15(16)19)20-17(23)21(7-8-22)11-12-5-3-2-4-6-12/h2-6,9-10,22H,7-8,11H2,1H3,(H,20,23). The Morgan fingerprint density at radius 2 is 1.83 bits per heavy atom. The van der Waals surface area contributed by atoms with E-state index in [1.165, 1.54) is 4.90 Å². The normalized spacial score (nSPS) is 10.3. The largest absolute Gasteiger partial charge is 0.491 e. The van der Waals surface area contributed by atoms with Gasteiger partial charge in [-0.25, -0.2) is 13.6 Å². The van der Waals surface area contributed by atoms with Crippen molar-refractivity contribution in [3.63, 3.8) is 0 Å². The maximum absolute atomic E-state index is 13.7. The van der Waals surface area contributed by atoms with Crippen LogP contribution >= 0.6 is 0 Å². The van der Waals surface area contributed by atoms with Crippen LogP contribution in [0.2, 0.25) is 0 Å². The number of nitrogens with one attached hydrogen (secondary N) is 1. The van der Waals surface area contributed by atoms with E-state index in [4.69, 9.17) is 5.11 Å². The molecule has 0 aromatic heterocycles. The Kier molecular flexibility index (Phi) is 6.08. The molecule has 0 aliphatic rings. The Morgan fingerprint density at radius 3 is 2.38 bits per heavy atom. The molecule has 2 rings (SSSR count). The van der Waals surface area contributed by atoms with E-state index in [0.717, 1.165) is 24.8 Å². The number of amides is 2. The van der Waals surface area contributed by atoms with Crippen molar-refractivity contribution in [3.8, 4) is 5.75 Å². The highest BCUT2D eigenvalue weighted by atomic mass is 19.1. The molecule has 0 unspecified atom stereocenters. The first-order chi connectivity index (χ1) is 11.5. The Labute approximate surface area is 138 Å². The molecule has 0 spiro atoms. The first-order valence-electron chi connectivity index (χ1n) is 7.29. The molecular weight excluding hydrogens is 318 g/mol. The first kappa shape index (κ1) is 17.7. The maximum Gasteiger partial charge on any atom is 0.322 e. The third-order valence-electron chi connectivity index (χ3n) is 3.33. The van der Waals surface area contributed by atoms with E-state index >= 15 is 0 Å². The van der Waals surface area contributed by atoms with E-state index in [1.54, 1.807) is 0 Å². The average Bonchev–Trinajstić information content (AvgIpc) is 2.55. The van der Waals surface area contributed by atoms with Crippen molar-refractivity contribution < 1.29 is 23.4 Å². The van der Waals surface area contributed by atoms with E-state index in [9.17, 15) is 13.6 Å². The molecule has 0 heterocycles. The van der Waals surface area contributed by atoms with Crippen LogP contribution in [0.25, 0.3) is 0 Å². The number of nitrogens with zero attached hydrogens (tertiary/aromatic N) is 1. The number of aliphatic hydroxyl groups excluding tert-OH is 1. The predicted molar refractivity (Wildman–Crippen MR) is 85.9 cm³/mol. The van der Waals surface area contributed by atoms with Gasteiger partial charge in [-0.1, -0.05) is 30.3 Å². The van der Waals surface area contributed by atoms with E-state index in [1.807, 2.05) is 30.3 Å². The molecule has 0 saturated carbocycles. The van der Waals surface area contributed by atoms with Gasteiger partial charge in [0.1, 0.15) is 0 Å². The highest BCUT2D eigenvalue weighted by Crippen LogP contribution is 2.25. The summed E-state index contributed by atoms with van der Waals surface area (Å²) in [6, 6.07) is 10.6. The lowest BCUT2D eigenvalue weighted by Gasteiger charge is -2.22. The number of carbonyl (C=O) groups excluding carboxylic acids is 1. The van der Waals surface area contributed by atoms with Crippen LogP contribution < -0.4 is 10.1 Å². The van der Waals surface area contributed by atoms with Gasteiger partial charge in [0.2, 0.25) is 0 Å². The van der Waals surface area contributed by atoms with Crippen LogP contribution in [0.15, 0.2) is 42.5 Å². The van der Waals surface area contributed by atoms with Crippen LogP contribution in [0, 0.1) is 11.6 Å². The van der Waals surface area contributed by atoms with Gasteiger partial charge in [0.25, 0.3) is 0 Å². The minimum Gasteiger partial charge on any atom is -0.491 e. The number of ether oxygens (including phenoxy) is 1. The summed E-state index contributed by atoms with van der Waals surface area (Å²) >= 11 is 0. The van der Waals surface area contributed by atoms with E-state index in [2.05, 4.69) is 10.1 Å². The summed E-state index contributed by atoms with van der Waals surface area (Å²) in [5.41, 5.74) is 0.833. The number of carbonyl (C=O) groups is 1. The zero-order valence-electron chi connectivity index (χ0n) is 13.1. The Morgan fingerprint density at radius 1 is 1.21 bits per heavy atom. The predicted octanol–water partition coefficient (Wildman–Crippen LogP) is 3.00. The van der Waals surface area contributed by atoms with Gasteiger partial charge in [-0.2, -0.15) is 0 Å². The van der Waals surface area contributed by atoms with Gasteiger partial charge in [-0.15, -0.1) is 0 Å². The lowest BCUT2D eigenvalue weighted by Crippen LogP contribution is -2.36. The van der Waals surface area contributed by atoms with E-state index < -0.39 is 23.4 Å². The van der Waals surface area contributed by atoms with Gasteiger partial charge in [0.15, 0.2) is 17.4 Å². The van der Waals surface area contributed by atoms with Crippen LogP contribution in [0.1, 0.15) is 5.56 Å². The number of urea groups is 1. The quantitative estimate of drug-likeness (QED) is 0.852. The fourth-order valence-electron chi connectivity index (χ4n) is 2.21. The van der Waals surface area contributed by atoms with Gasteiger partial charge in [0, 0.05) is 30.9 Å². The molecule has 0 aliphatic heterocycles. The molecular formula is C17H18F2N2O3. The number of aliphatic hydroxyl groups is 1. The second-order valence-corrected chi connectivity index (χ2v) is 5.03. The van der Waals surface area contributed by atoms with E-state index in [0.29, 0.717) is 0 Å². The molecule has 2 aromatic carbocycles. The van der Waals surface area contributed by atoms with Crippen LogP contribution in [0.4, 0.5) is 19.3 Å². The second-order valence-electron chi connectivity index (χ2n) is 5.03. The average molecular weight is 336 g/mol. The number of benzene rings is 2. The minimum absolute atomic E-state index is 0.0354. The molecule has 0 atom stereocenters. The van der Waals surface area contributed by atoms with Gasteiger partial charge in [-0.05, 0) is 5.56 Å². The molecule has 0 saturated heterocycles. The van der Waals surface area contributed by atoms with Crippen LogP contribution in [0.3, 0.4) is 0 Å². The molecule has 0 fully saturated rings. The van der Waals surface area contributed by atoms with Crippen molar-refractivity contribution in [1.82, 2.24) is 4.90 Å². The summed E-state index contributed by atoms with van der Waals surface area (Å²) in [6.07, 6.45) is 0. The summed E-state index contributed by atoms with van der Waals surface area (Å²) in [6.45, 7) is 0.113. The Bertz CT molecular complexity index is 672. The lowest BCUT2D eigenvalue weighted by molar-refractivity contribution is 0.185. The van der Waals surface area contributed by atoms with Crippen LogP contribution in [-0.2, 0) is 6.54 Å². The minimum atomic E-state index is -0.912. The monoisotopic (exact) mass is 336 g/mol. The van der Waals surface area contributed by atoms with Crippen LogP contribution in [-0.4, -0.2) is 36.3 Å². The van der Waals surface area contributed by atoms with Crippen molar-refractivity contribution >= 4 is 11.7 Å². The SMILES string of the molecule is COc1c(F)cc(NC(=O)N(CCO)Cc2ccccc2)cc1F. The highest BCUT2D eigenvalue weighted by Gasteiger charge is 2.17. The number of anilines is 1. The summed E-state index contributed by atoms with van der Waals surface area (Å²) in [4.78, 5) is 13.7. The summed E-state index contributed by atoms with van der Waals surface area (Å²) in [7, 11) is 1.16. The molecule has 128 valence electrons. The zero-order chi connectivity index (χ0) is 17.5. The molecule has 2 amide bonds. The van der Waals surface area contributed by atoms with Crippen molar-refractivity contribution in [2.24, 2.45) is 0 Å². The smallest absolute Gasteiger partial charge is 0.322 e.